The topological polar surface area (TPSA) is 103 Å². The summed E-state index contributed by atoms with van der Waals surface area (Å²) in [6, 6.07) is 6.45. The van der Waals surface area contributed by atoms with Gasteiger partial charge in [-0.05, 0) is 39.0 Å². The molecule has 0 bridgehead atoms. The first-order valence-electron chi connectivity index (χ1n) is 7.40. The van der Waals surface area contributed by atoms with Crippen molar-refractivity contribution in [1.29, 1.82) is 0 Å². The first kappa shape index (κ1) is 18.6. The van der Waals surface area contributed by atoms with Crippen LogP contribution in [0.15, 0.2) is 29.4 Å². The molecule has 0 fully saturated rings. The number of para-hydroxylation sites is 1. The fourth-order valence-corrected chi connectivity index (χ4v) is 3.87. The molecule has 0 amide bonds. The molecule has 2 heterocycles. The Morgan fingerprint density at radius 3 is 2.15 bits per heavy atom. The van der Waals surface area contributed by atoms with Crippen LogP contribution in [-0.2, 0) is 10.0 Å². The molecule has 3 rings (SSSR count). The number of aromatic nitrogens is 5. The lowest BCUT2D eigenvalue weighted by atomic mass is 10.3. The second kappa shape index (κ2) is 6.82. The van der Waals surface area contributed by atoms with Gasteiger partial charge in [0.1, 0.15) is 5.82 Å². The van der Waals surface area contributed by atoms with Gasteiger partial charge in [0.2, 0.25) is 0 Å². The van der Waals surface area contributed by atoms with Crippen LogP contribution >= 0.6 is 23.2 Å². The number of halogens is 2. The van der Waals surface area contributed by atoms with E-state index in [0.29, 0.717) is 5.82 Å². The van der Waals surface area contributed by atoms with Crippen molar-refractivity contribution < 1.29 is 8.42 Å². The Balaban J connectivity index is 2.02. The Morgan fingerprint density at radius 2 is 1.58 bits per heavy atom. The molecule has 0 saturated carbocycles. The molecule has 3 aromatic rings. The van der Waals surface area contributed by atoms with Crippen LogP contribution in [0.1, 0.15) is 17.2 Å². The van der Waals surface area contributed by atoms with Gasteiger partial charge in [-0.1, -0.05) is 29.3 Å². The maximum atomic E-state index is 12.6. The van der Waals surface area contributed by atoms with Crippen LogP contribution in [0.4, 0.5) is 5.69 Å². The van der Waals surface area contributed by atoms with Crippen molar-refractivity contribution in [2.24, 2.45) is 0 Å². The van der Waals surface area contributed by atoms with Crippen molar-refractivity contribution in [3.05, 3.63) is 51.5 Å². The van der Waals surface area contributed by atoms with Gasteiger partial charge in [-0.2, -0.15) is 13.1 Å². The number of hydrogen-bond donors (Lipinski definition) is 1. The Hall–Kier alpha value is -2.23. The molecule has 1 aromatic carbocycles. The molecular weight excluding hydrogens is 399 g/mol. The highest BCUT2D eigenvalue weighted by Gasteiger charge is 2.24. The summed E-state index contributed by atoms with van der Waals surface area (Å²) in [5.41, 5.74) is 1.52. The predicted molar refractivity (Wildman–Crippen MR) is 98.4 cm³/mol. The lowest BCUT2D eigenvalue weighted by Gasteiger charge is -2.08. The van der Waals surface area contributed by atoms with Crippen molar-refractivity contribution in [2.45, 2.75) is 25.9 Å². The van der Waals surface area contributed by atoms with Gasteiger partial charge in [-0.3, -0.25) is 4.72 Å². The molecule has 8 nitrogen and oxygen atoms in total. The molecule has 0 aliphatic rings. The van der Waals surface area contributed by atoms with E-state index in [1.165, 1.54) is 16.8 Å². The molecule has 0 unspecified atom stereocenters. The summed E-state index contributed by atoms with van der Waals surface area (Å²) < 4.78 is 28.8. The van der Waals surface area contributed by atoms with Gasteiger partial charge >= 0.3 is 0 Å². The van der Waals surface area contributed by atoms with Gasteiger partial charge in [0.15, 0.2) is 0 Å². The molecule has 26 heavy (non-hydrogen) atoms. The van der Waals surface area contributed by atoms with E-state index < -0.39 is 15.2 Å². The molecule has 11 heteroatoms. The number of sulfonamides is 1. The maximum Gasteiger partial charge on any atom is 0.299 e. The summed E-state index contributed by atoms with van der Waals surface area (Å²) in [6.07, 6.45) is 0. The Bertz CT molecular complexity index is 1060. The SMILES string of the molecule is Cc1cc(C)nc(-n2nc(S(=O)(=O)Nc3c(Cl)cccc3Cl)nc2C)n1. The zero-order chi connectivity index (χ0) is 19.1. The lowest BCUT2D eigenvalue weighted by molar-refractivity contribution is 0.591. The van der Waals surface area contributed by atoms with Gasteiger partial charge in [0.25, 0.3) is 21.1 Å². The van der Waals surface area contributed by atoms with Crippen molar-refractivity contribution >= 4 is 38.9 Å². The van der Waals surface area contributed by atoms with E-state index in [9.17, 15) is 8.42 Å². The average Bonchev–Trinajstić information content (AvgIpc) is 2.93. The molecule has 2 aromatic heterocycles. The molecule has 0 spiro atoms. The zero-order valence-corrected chi connectivity index (χ0v) is 16.4. The average molecular weight is 413 g/mol. The smallest absolute Gasteiger partial charge is 0.274 e. The summed E-state index contributed by atoms with van der Waals surface area (Å²) in [5, 5.41) is 3.92. The van der Waals surface area contributed by atoms with E-state index in [2.05, 4.69) is 24.8 Å². The molecule has 0 radical (unpaired) electrons. The highest BCUT2D eigenvalue weighted by Crippen LogP contribution is 2.31. The van der Waals surface area contributed by atoms with E-state index >= 15 is 0 Å². The minimum absolute atomic E-state index is 0.0625. The fraction of sp³-hybridized carbons (Fsp3) is 0.200. The number of nitrogens with zero attached hydrogens (tertiary/aromatic N) is 5. The minimum Gasteiger partial charge on any atom is -0.274 e. The Morgan fingerprint density at radius 1 is 1.00 bits per heavy atom. The lowest BCUT2D eigenvalue weighted by Crippen LogP contribution is -2.16. The molecule has 1 N–H and O–H groups in total. The molecular formula is C15H14Cl2N6O2S. The number of nitrogens with one attached hydrogen (secondary N) is 1. The Labute approximate surface area is 160 Å². The fourth-order valence-electron chi connectivity index (χ4n) is 2.25. The van der Waals surface area contributed by atoms with E-state index in [0.717, 1.165) is 11.4 Å². The molecule has 0 aliphatic carbocycles. The van der Waals surface area contributed by atoms with E-state index in [1.807, 2.05) is 13.8 Å². The third-order valence-electron chi connectivity index (χ3n) is 3.35. The first-order chi connectivity index (χ1) is 12.2. The van der Waals surface area contributed by atoms with Gasteiger partial charge in [0.05, 0.1) is 15.7 Å². The first-order valence-corrected chi connectivity index (χ1v) is 9.64. The third-order valence-corrected chi connectivity index (χ3v) is 5.11. The van der Waals surface area contributed by atoms with Crippen LogP contribution in [0.25, 0.3) is 5.95 Å². The van der Waals surface area contributed by atoms with Crippen LogP contribution in [0, 0.1) is 20.8 Å². The number of anilines is 1. The van der Waals surface area contributed by atoms with Crippen molar-refractivity contribution in [3.63, 3.8) is 0 Å². The number of rotatable bonds is 4. The summed E-state index contributed by atoms with van der Waals surface area (Å²) in [6.45, 7) is 5.22. The monoisotopic (exact) mass is 412 g/mol. The van der Waals surface area contributed by atoms with E-state index in [4.69, 9.17) is 23.2 Å². The summed E-state index contributed by atoms with van der Waals surface area (Å²) in [4.78, 5) is 12.5. The molecule has 0 saturated heterocycles. The van der Waals surface area contributed by atoms with Crippen molar-refractivity contribution in [1.82, 2.24) is 24.7 Å². The molecule has 0 aliphatic heterocycles. The predicted octanol–water partition coefficient (Wildman–Crippen LogP) is 3.09. The summed E-state index contributed by atoms with van der Waals surface area (Å²) in [5.74, 6) is 0.561. The number of hydrogen-bond acceptors (Lipinski definition) is 6. The maximum absolute atomic E-state index is 12.6. The minimum atomic E-state index is -4.11. The molecule has 136 valence electrons. The largest absolute Gasteiger partial charge is 0.299 e. The third kappa shape index (κ3) is 3.64. The van der Waals surface area contributed by atoms with Gasteiger partial charge in [-0.25, -0.2) is 15.0 Å². The van der Waals surface area contributed by atoms with Crippen LogP contribution in [0.3, 0.4) is 0 Å². The van der Waals surface area contributed by atoms with E-state index in [-0.39, 0.29) is 21.7 Å². The van der Waals surface area contributed by atoms with Crippen LogP contribution in [0.5, 0.6) is 0 Å². The van der Waals surface area contributed by atoms with Crippen LogP contribution in [-0.4, -0.2) is 33.2 Å². The molecule has 0 atom stereocenters. The normalized spacial score (nSPS) is 11.6. The highest BCUT2D eigenvalue weighted by molar-refractivity contribution is 7.92. The van der Waals surface area contributed by atoms with Gasteiger partial charge < -0.3 is 0 Å². The second-order valence-corrected chi connectivity index (χ2v) is 7.90. The highest BCUT2D eigenvalue weighted by atomic mass is 35.5. The van der Waals surface area contributed by atoms with Crippen LogP contribution < -0.4 is 4.72 Å². The second-order valence-electron chi connectivity index (χ2n) is 5.51. The zero-order valence-electron chi connectivity index (χ0n) is 14.0. The van der Waals surface area contributed by atoms with Crippen molar-refractivity contribution in [2.75, 3.05) is 4.72 Å². The number of benzene rings is 1. The summed E-state index contributed by atoms with van der Waals surface area (Å²) >= 11 is 12.0. The summed E-state index contributed by atoms with van der Waals surface area (Å²) in [7, 11) is -4.11. The standard InChI is InChI=1S/C15H14Cl2N6O2S/c1-8-7-9(2)19-14(18-8)23-10(3)20-15(21-23)26(24,25)22-13-11(16)5-4-6-12(13)17/h4-7,22H,1-3H3. The quantitative estimate of drug-likeness (QED) is 0.705. The van der Waals surface area contributed by atoms with Crippen molar-refractivity contribution in [3.8, 4) is 5.95 Å². The Kier molecular flexibility index (Phi) is 4.87. The number of aryl methyl sites for hydroxylation is 3. The van der Waals surface area contributed by atoms with E-state index in [1.54, 1.807) is 19.1 Å². The van der Waals surface area contributed by atoms with Crippen LogP contribution in [0.2, 0.25) is 10.0 Å². The van der Waals surface area contributed by atoms with Gasteiger partial charge in [0, 0.05) is 11.4 Å². The van der Waals surface area contributed by atoms with Gasteiger partial charge in [-0.15, -0.1) is 5.10 Å².